The highest BCUT2D eigenvalue weighted by atomic mass is 16.3. The van der Waals surface area contributed by atoms with Crippen molar-refractivity contribution in [2.45, 2.75) is 39.2 Å². The van der Waals surface area contributed by atoms with Crippen LogP contribution in [0.5, 0.6) is 0 Å². The maximum absolute atomic E-state index is 5.92. The smallest absolute Gasteiger partial charge is 0.229 e. The third-order valence-corrected chi connectivity index (χ3v) is 4.00. The molecule has 0 aromatic carbocycles. The van der Waals surface area contributed by atoms with Crippen molar-refractivity contribution < 1.29 is 4.42 Å². The topological polar surface area (TPSA) is 63.8 Å². The van der Waals surface area contributed by atoms with Gasteiger partial charge in [-0.3, -0.25) is 0 Å². The second kappa shape index (κ2) is 4.16. The first-order valence-corrected chi connectivity index (χ1v) is 7.00. The maximum Gasteiger partial charge on any atom is 0.229 e. The summed E-state index contributed by atoms with van der Waals surface area (Å²) in [7, 11) is 0. The highest BCUT2D eigenvalue weighted by molar-refractivity contribution is 6.05. The molecule has 5 heteroatoms. The van der Waals surface area contributed by atoms with Crippen LogP contribution in [0, 0.1) is 13.8 Å². The molecule has 20 heavy (non-hydrogen) atoms. The summed E-state index contributed by atoms with van der Waals surface area (Å²) < 4.78 is 5.92. The summed E-state index contributed by atoms with van der Waals surface area (Å²) in [5.74, 6) is 0.787. The molecule has 102 valence electrons. The molecule has 4 rings (SSSR count). The Hall–Kier alpha value is -2.17. The average molecular weight is 268 g/mol. The first-order valence-electron chi connectivity index (χ1n) is 7.00. The molecule has 3 heterocycles. The number of fused-ring (bicyclic) bond motifs is 3. The Balaban J connectivity index is 1.95. The number of rotatable bonds is 2. The van der Waals surface area contributed by atoms with E-state index >= 15 is 0 Å². The SMILES string of the molecule is Cc1cc(C)c2c(n1)oc1c(NC3CCC3)ncnc12. The van der Waals surface area contributed by atoms with Gasteiger partial charge in [0.15, 0.2) is 11.4 Å². The molecular formula is C15H16N4O. The van der Waals surface area contributed by atoms with E-state index < -0.39 is 0 Å². The van der Waals surface area contributed by atoms with Crippen LogP contribution in [0.4, 0.5) is 5.82 Å². The standard InChI is InChI=1S/C15H16N4O/c1-8-6-9(2)18-15-11(8)12-13(20-15)14(17-7-16-12)19-10-4-3-5-10/h6-7,10H,3-5H2,1-2H3,(H,16,17,19). The predicted octanol–water partition coefficient (Wildman–Crippen LogP) is 3.35. The fourth-order valence-electron chi connectivity index (χ4n) is 2.76. The lowest BCUT2D eigenvalue weighted by molar-refractivity contribution is 0.444. The van der Waals surface area contributed by atoms with Crippen molar-refractivity contribution in [2.75, 3.05) is 5.32 Å². The van der Waals surface area contributed by atoms with Crippen molar-refractivity contribution in [2.24, 2.45) is 0 Å². The third kappa shape index (κ3) is 1.66. The van der Waals surface area contributed by atoms with Crippen molar-refractivity contribution in [3.8, 4) is 0 Å². The Morgan fingerprint density at radius 3 is 2.85 bits per heavy atom. The highest BCUT2D eigenvalue weighted by Gasteiger charge is 2.21. The van der Waals surface area contributed by atoms with Crippen molar-refractivity contribution in [3.05, 3.63) is 23.7 Å². The lowest BCUT2D eigenvalue weighted by Crippen LogP contribution is -2.27. The normalized spacial score (nSPS) is 15.7. The number of aromatic nitrogens is 3. The predicted molar refractivity (Wildman–Crippen MR) is 77.8 cm³/mol. The van der Waals surface area contributed by atoms with Gasteiger partial charge >= 0.3 is 0 Å². The second-order valence-electron chi connectivity index (χ2n) is 5.53. The second-order valence-corrected chi connectivity index (χ2v) is 5.53. The molecule has 0 unspecified atom stereocenters. The minimum atomic E-state index is 0.511. The van der Waals surface area contributed by atoms with Crippen molar-refractivity contribution >= 4 is 28.0 Å². The van der Waals surface area contributed by atoms with Crippen LogP contribution in [0.3, 0.4) is 0 Å². The minimum Gasteiger partial charge on any atom is -0.432 e. The summed E-state index contributed by atoms with van der Waals surface area (Å²) in [6.45, 7) is 4.03. The van der Waals surface area contributed by atoms with Crippen LogP contribution in [0.15, 0.2) is 16.8 Å². The summed E-state index contributed by atoms with van der Waals surface area (Å²) in [6, 6.07) is 2.57. The van der Waals surface area contributed by atoms with Gasteiger partial charge in [-0.1, -0.05) is 0 Å². The van der Waals surface area contributed by atoms with E-state index in [1.165, 1.54) is 19.3 Å². The molecular weight excluding hydrogens is 252 g/mol. The van der Waals surface area contributed by atoms with Crippen LogP contribution in [0.1, 0.15) is 30.5 Å². The van der Waals surface area contributed by atoms with E-state index in [1.807, 2.05) is 6.92 Å². The Morgan fingerprint density at radius 2 is 2.10 bits per heavy atom. The molecule has 5 nitrogen and oxygen atoms in total. The van der Waals surface area contributed by atoms with Crippen molar-refractivity contribution in [3.63, 3.8) is 0 Å². The molecule has 0 atom stereocenters. The lowest BCUT2D eigenvalue weighted by Gasteiger charge is -2.26. The fourth-order valence-corrected chi connectivity index (χ4v) is 2.76. The van der Waals surface area contributed by atoms with Gasteiger partial charge in [0, 0.05) is 11.7 Å². The van der Waals surface area contributed by atoms with Crippen LogP contribution in [0.2, 0.25) is 0 Å². The van der Waals surface area contributed by atoms with Crippen LogP contribution in [-0.2, 0) is 0 Å². The van der Waals surface area contributed by atoms with Crippen molar-refractivity contribution in [1.29, 1.82) is 0 Å². The van der Waals surface area contributed by atoms with Gasteiger partial charge in [-0.2, -0.15) is 0 Å². The number of pyridine rings is 1. The minimum absolute atomic E-state index is 0.511. The quantitative estimate of drug-likeness (QED) is 0.772. The Bertz CT molecular complexity index is 804. The summed E-state index contributed by atoms with van der Waals surface area (Å²) >= 11 is 0. The molecule has 3 aromatic heterocycles. The zero-order chi connectivity index (χ0) is 13.7. The summed E-state index contributed by atoms with van der Waals surface area (Å²) in [5.41, 5.74) is 4.31. The van der Waals surface area contributed by atoms with E-state index in [0.29, 0.717) is 11.8 Å². The van der Waals surface area contributed by atoms with Gasteiger partial charge < -0.3 is 9.73 Å². The highest BCUT2D eigenvalue weighted by Crippen LogP contribution is 2.33. The van der Waals surface area contributed by atoms with Crippen LogP contribution in [-0.4, -0.2) is 21.0 Å². The Morgan fingerprint density at radius 1 is 1.25 bits per heavy atom. The molecule has 0 radical (unpaired) electrons. The summed E-state index contributed by atoms with van der Waals surface area (Å²) in [4.78, 5) is 13.2. The first kappa shape index (κ1) is 11.6. The van der Waals surface area contributed by atoms with E-state index in [-0.39, 0.29) is 0 Å². The molecule has 1 N–H and O–H groups in total. The summed E-state index contributed by atoms with van der Waals surface area (Å²) in [6.07, 6.45) is 5.27. The number of hydrogen-bond donors (Lipinski definition) is 1. The largest absolute Gasteiger partial charge is 0.432 e. The van der Waals surface area contributed by atoms with Gasteiger partial charge in [-0.15, -0.1) is 0 Å². The molecule has 1 aliphatic rings. The Kier molecular flexibility index (Phi) is 2.42. The number of nitrogens with one attached hydrogen (secondary N) is 1. The number of anilines is 1. The van der Waals surface area contributed by atoms with Gasteiger partial charge in [0.1, 0.15) is 11.8 Å². The molecule has 0 spiro atoms. The van der Waals surface area contributed by atoms with E-state index in [9.17, 15) is 0 Å². The van der Waals surface area contributed by atoms with Gasteiger partial charge in [-0.25, -0.2) is 15.0 Å². The number of hydrogen-bond acceptors (Lipinski definition) is 5. The summed E-state index contributed by atoms with van der Waals surface area (Å²) in [5, 5.41) is 4.43. The lowest BCUT2D eigenvalue weighted by atomic mass is 9.93. The van der Waals surface area contributed by atoms with Gasteiger partial charge in [0.2, 0.25) is 5.71 Å². The molecule has 3 aromatic rings. The van der Waals surface area contributed by atoms with Crippen LogP contribution < -0.4 is 5.32 Å². The van der Waals surface area contributed by atoms with Gasteiger partial charge in [0.05, 0.1) is 5.39 Å². The zero-order valence-corrected chi connectivity index (χ0v) is 11.6. The van der Waals surface area contributed by atoms with E-state index in [1.54, 1.807) is 6.33 Å². The van der Waals surface area contributed by atoms with E-state index in [4.69, 9.17) is 4.42 Å². The number of furan rings is 1. The third-order valence-electron chi connectivity index (χ3n) is 4.00. The fraction of sp³-hybridized carbons (Fsp3) is 0.400. The maximum atomic E-state index is 5.92. The molecule has 0 amide bonds. The monoisotopic (exact) mass is 268 g/mol. The number of nitrogens with zero attached hydrogens (tertiary/aromatic N) is 3. The molecule has 0 aliphatic heterocycles. The Labute approximate surface area is 116 Å². The van der Waals surface area contributed by atoms with Gasteiger partial charge in [-0.05, 0) is 44.7 Å². The zero-order valence-electron chi connectivity index (χ0n) is 11.6. The molecule has 0 saturated heterocycles. The van der Waals surface area contributed by atoms with Gasteiger partial charge in [0.25, 0.3) is 0 Å². The van der Waals surface area contributed by atoms with Crippen LogP contribution in [0.25, 0.3) is 22.2 Å². The average Bonchev–Trinajstić information content (AvgIpc) is 2.72. The molecule has 0 bridgehead atoms. The molecule has 1 saturated carbocycles. The van der Waals surface area contributed by atoms with Crippen molar-refractivity contribution in [1.82, 2.24) is 15.0 Å². The molecule has 1 fully saturated rings. The van der Waals surface area contributed by atoms with E-state index in [2.05, 4.69) is 33.3 Å². The number of aryl methyl sites for hydroxylation is 2. The van der Waals surface area contributed by atoms with E-state index in [0.717, 1.165) is 33.6 Å². The first-order chi connectivity index (χ1) is 9.72. The van der Waals surface area contributed by atoms with Crippen LogP contribution >= 0.6 is 0 Å². The molecule has 1 aliphatic carbocycles.